The molecule has 0 bridgehead atoms. The second kappa shape index (κ2) is 10.2. The Morgan fingerprint density at radius 2 is 1.87 bits per heavy atom. The fourth-order valence-electron chi connectivity index (χ4n) is 3.17. The second-order valence-electron chi connectivity index (χ2n) is 6.99. The summed E-state index contributed by atoms with van der Waals surface area (Å²) in [5.41, 5.74) is 4.28. The van der Waals surface area contributed by atoms with E-state index in [0.717, 1.165) is 22.4 Å². The molecule has 0 spiro atoms. The molecule has 0 aliphatic rings. The minimum atomic E-state index is -0.433. The SMILES string of the molecule is CCc1ccc([C@@H](NCC(=O)Nc2cc(C(=O)OC)ccc2C)c2cccs2)cc1. The van der Waals surface area contributed by atoms with Gasteiger partial charge in [0, 0.05) is 10.6 Å². The van der Waals surface area contributed by atoms with Crippen molar-refractivity contribution >= 4 is 28.9 Å². The number of carbonyl (C=O) groups excluding carboxylic acids is 2. The zero-order chi connectivity index (χ0) is 21.5. The number of esters is 1. The molecule has 0 unspecified atom stereocenters. The van der Waals surface area contributed by atoms with Crippen LogP contribution in [-0.4, -0.2) is 25.5 Å². The molecule has 0 aliphatic heterocycles. The number of ether oxygens (including phenoxy) is 1. The van der Waals surface area contributed by atoms with E-state index in [1.54, 1.807) is 29.5 Å². The average Bonchev–Trinajstić information content (AvgIpc) is 3.30. The second-order valence-corrected chi connectivity index (χ2v) is 7.97. The molecule has 1 aromatic heterocycles. The molecular weight excluding hydrogens is 396 g/mol. The Balaban J connectivity index is 1.71. The van der Waals surface area contributed by atoms with E-state index in [4.69, 9.17) is 4.74 Å². The van der Waals surface area contributed by atoms with Crippen LogP contribution in [0.4, 0.5) is 5.69 Å². The van der Waals surface area contributed by atoms with Gasteiger partial charge >= 0.3 is 5.97 Å². The van der Waals surface area contributed by atoms with E-state index in [0.29, 0.717) is 11.3 Å². The molecule has 0 aliphatic carbocycles. The van der Waals surface area contributed by atoms with Crippen molar-refractivity contribution in [2.45, 2.75) is 26.3 Å². The molecule has 30 heavy (non-hydrogen) atoms. The van der Waals surface area contributed by atoms with Crippen LogP contribution >= 0.6 is 11.3 Å². The van der Waals surface area contributed by atoms with Crippen LogP contribution in [0.5, 0.6) is 0 Å². The number of amides is 1. The third-order valence-electron chi connectivity index (χ3n) is 4.95. The predicted molar refractivity (Wildman–Crippen MR) is 121 cm³/mol. The highest BCUT2D eigenvalue weighted by molar-refractivity contribution is 7.10. The van der Waals surface area contributed by atoms with Gasteiger partial charge in [-0.25, -0.2) is 4.79 Å². The third kappa shape index (κ3) is 5.34. The monoisotopic (exact) mass is 422 g/mol. The molecule has 0 fully saturated rings. The van der Waals surface area contributed by atoms with Crippen LogP contribution in [-0.2, 0) is 16.0 Å². The van der Waals surface area contributed by atoms with E-state index in [9.17, 15) is 9.59 Å². The number of aryl methyl sites for hydroxylation is 2. The first kappa shape index (κ1) is 21.7. The molecule has 1 atom stereocenters. The van der Waals surface area contributed by atoms with Gasteiger partial charge in [-0.3, -0.25) is 10.1 Å². The van der Waals surface area contributed by atoms with Crippen LogP contribution < -0.4 is 10.6 Å². The first-order valence-corrected chi connectivity index (χ1v) is 10.7. The minimum Gasteiger partial charge on any atom is -0.465 e. The number of thiophene rings is 1. The van der Waals surface area contributed by atoms with E-state index in [1.165, 1.54) is 12.7 Å². The summed E-state index contributed by atoms with van der Waals surface area (Å²) >= 11 is 1.66. The van der Waals surface area contributed by atoms with Gasteiger partial charge in [-0.1, -0.05) is 43.3 Å². The summed E-state index contributed by atoms with van der Waals surface area (Å²) in [7, 11) is 1.34. The highest BCUT2D eigenvalue weighted by Gasteiger charge is 2.17. The molecular formula is C24H26N2O3S. The van der Waals surface area contributed by atoms with Crippen LogP contribution in [0.25, 0.3) is 0 Å². The Morgan fingerprint density at radius 1 is 1.10 bits per heavy atom. The highest BCUT2D eigenvalue weighted by atomic mass is 32.1. The summed E-state index contributed by atoms with van der Waals surface area (Å²) in [6, 6.07) is 17.6. The van der Waals surface area contributed by atoms with Crippen LogP contribution in [0.3, 0.4) is 0 Å². The van der Waals surface area contributed by atoms with Crippen molar-refractivity contribution in [2.75, 3.05) is 19.0 Å². The molecule has 3 aromatic rings. The number of hydrogen-bond acceptors (Lipinski definition) is 5. The number of nitrogens with one attached hydrogen (secondary N) is 2. The summed E-state index contributed by atoms with van der Waals surface area (Å²) in [6.45, 7) is 4.15. The molecule has 6 heteroatoms. The van der Waals surface area contributed by atoms with E-state index >= 15 is 0 Å². The standard InChI is InChI=1S/C24H26N2O3S/c1-4-17-8-11-18(12-9-17)23(21-6-5-13-30-21)25-15-22(27)26-20-14-19(24(28)29-3)10-7-16(20)2/h5-14,23,25H,4,15H2,1-3H3,(H,26,27)/t23-/m1/s1. The lowest BCUT2D eigenvalue weighted by molar-refractivity contribution is -0.115. The van der Waals surface area contributed by atoms with Crippen LogP contribution in [0.2, 0.25) is 0 Å². The molecule has 1 heterocycles. The van der Waals surface area contributed by atoms with Crippen molar-refractivity contribution < 1.29 is 14.3 Å². The first-order valence-electron chi connectivity index (χ1n) is 9.86. The Bertz CT molecular complexity index is 998. The summed E-state index contributed by atoms with van der Waals surface area (Å²) in [5.74, 6) is -0.608. The lowest BCUT2D eigenvalue weighted by Crippen LogP contribution is -2.31. The summed E-state index contributed by atoms with van der Waals surface area (Å²) in [6.07, 6.45) is 0.990. The van der Waals surface area contributed by atoms with Crippen molar-refractivity contribution in [3.8, 4) is 0 Å². The van der Waals surface area contributed by atoms with E-state index < -0.39 is 5.97 Å². The topological polar surface area (TPSA) is 67.4 Å². The maximum atomic E-state index is 12.6. The Labute approximate surface area is 181 Å². The number of carbonyl (C=O) groups is 2. The lowest BCUT2D eigenvalue weighted by atomic mass is 10.0. The van der Waals surface area contributed by atoms with Gasteiger partial charge in [-0.15, -0.1) is 11.3 Å². The van der Waals surface area contributed by atoms with Crippen molar-refractivity contribution in [3.63, 3.8) is 0 Å². The van der Waals surface area contributed by atoms with Crippen LogP contribution in [0.1, 0.15) is 44.9 Å². The zero-order valence-electron chi connectivity index (χ0n) is 17.4. The number of hydrogen-bond donors (Lipinski definition) is 2. The third-order valence-corrected chi connectivity index (χ3v) is 5.89. The lowest BCUT2D eigenvalue weighted by Gasteiger charge is -2.19. The van der Waals surface area contributed by atoms with Gasteiger partial charge < -0.3 is 10.1 Å². The van der Waals surface area contributed by atoms with E-state index in [2.05, 4.69) is 47.9 Å². The van der Waals surface area contributed by atoms with Gasteiger partial charge in [0.05, 0.1) is 25.3 Å². The summed E-state index contributed by atoms with van der Waals surface area (Å²) in [5, 5.41) is 8.30. The van der Waals surface area contributed by atoms with E-state index in [-0.39, 0.29) is 18.5 Å². The van der Waals surface area contributed by atoms with Crippen molar-refractivity contribution in [1.29, 1.82) is 0 Å². The quantitative estimate of drug-likeness (QED) is 0.515. The Morgan fingerprint density at radius 3 is 2.50 bits per heavy atom. The number of benzene rings is 2. The fourth-order valence-corrected chi connectivity index (χ4v) is 4.00. The van der Waals surface area contributed by atoms with E-state index in [1.807, 2.05) is 18.4 Å². The summed E-state index contributed by atoms with van der Waals surface area (Å²) in [4.78, 5) is 25.5. The smallest absolute Gasteiger partial charge is 0.337 e. The largest absolute Gasteiger partial charge is 0.465 e. The fraction of sp³-hybridized carbons (Fsp3) is 0.250. The molecule has 3 rings (SSSR count). The van der Waals surface area contributed by atoms with Gasteiger partial charge in [0.25, 0.3) is 0 Å². The van der Waals surface area contributed by atoms with Gasteiger partial charge in [0.1, 0.15) is 0 Å². The van der Waals surface area contributed by atoms with Gasteiger partial charge in [-0.2, -0.15) is 0 Å². The molecule has 0 saturated carbocycles. The molecule has 5 nitrogen and oxygen atoms in total. The zero-order valence-corrected chi connectivity index (χ0v) is 18.2. The molecule has 156 valence electrons. The maximum absolute atomic E-state index is 12.6. The first-order chi connectivity index (χ1) is 14.5. The molecule has 1 amide bonds. The van der Waals surface area contributed by atoms with Crippen molar-refractivity contribution in [3.05, 3.63) is 87.1 Å². The average molecular weight is 423 g/mol. The highest BCUT2D eigenvalue weighted by Crippen LogP contribution is 2.26. The number of methoxy groups -OCH3 is 1. The molecule has 2 N–H and O–H groups in total. The minimum absolute atomic E-state index is 0.0656. The maximum Gasteiger partial charge on any atom is 0.337 e. The molecule has 2 aromatic carbocycles. The normalized spacial score (nSPS) is 11.7. The van der Waals surface area contributed by atoms with Crippen molar-refractivity contribution in [1.82, 2.24) is 5.32 Å². The van der Waals surface area contributed by atoms with Gasteiger partial charge in [0.15, 0.2) is 0 Å². The number of anilines is 1. The van der Waals surface area contributed by atoms with Crippen LogP contribution in [0, 0.1) is 6.92 Å². The Kier molecular flexibility index (Phi) is 7.38. The molecule has 0 saturated heterocycles. The summed E-state index contributed by atoms with van der Waals surface area (Å²) < 4.78 is 4.76. The Hall–Kier alpha value is -2.96. The van der Waals surface area contributed by atoms with Gasteiger partial charge in [-0.05, 0) is 53.6 Å². The number of rotatable bonds is 8. The van der Waals surface area contributed by atoms with Crippen LogP contribution in [0.15, 0.2) is 60.0 Å². The predicted octanol–water partition coefficient (Wildman–Crippen LogP) is 4.72. The molecule has 0 radical (unpaired) electrons. The van der Waals surface area contributed by atoms with Gasteiger partial charge in [0.2, 0.25) is 5.91 Å². The van der Waals surface area contributed by atoms with Crippen molar-refractivity contribution in [2.24, 2.45) is 0 Å².